The molecule has 1 atom stereocenters. The van der Waals surface area contributed by atoms with E-state index < -0.39 is 18.0 Å². The summed E-state index contributed by atoms with van der Waals surface area (Å²) in [5.41, 5.74) is 0. The number of carbonyl (C=O) groups excluding carboxylic acids is 3. The Bertz CT molecular complexity index is 722. The second-order valence-electron chi connectivity index (χ2n) is 9.46. The van der Waals surface area contributed by atoms with Gasteiger partial charge in [0.25, 0.3) is 0 Å². The van der Waals surface area contributed by atoms with Crippen molar-refractivity contribution in [3.63, 3.8) is 0 Å². The average Bonchev–Trinajstić information content (AvgIpc) is 2.91. The molecule has 0 fully saturated rings. The predicted molar refractivity (Wildman–Crippen MR) is 149 cm³/mol. The van der Waals surface area contributed by atoms with Crippen molar-refractivity contribution in [3.8, 4) is 0 Å². The van der Waals surface area contributed by atoms with Crippen molar-refractivity contribution in [3.05, 3.63) is 0 Å². The Hall–Kier alpha value is -2.77. The van der Waals surface area contributed by atoms with Gasteiger partial charge in [-0.25, -0.2) is 0 Å². The van der Waals surface area contributed by atoms with Crippen LogP contribution in [0.3, 0.4) is 0 Å². The third-order valence-corrected chi connectivity index (χ3v) is 5.96. The number of carboxylic acid groups (broad SMARTS) is 2. The van der Waals surface area contributed by atoms with E-state index >= 15 is 0 Å². The lowest BCUT2D eigenvalue weighted by Gasteiger charge is -2.11. The van der Waals surface area contributed by atoms with Crippen LogP contribution in [0.25, 0.3) is 0 Å². The van der Waals surface area contributed by atoms with Gasteiger partial charge in [-0.05, 0) is 52.0 Å². The number of hydrogen-bond donors (Lipinski definition) is 6. The van der Waals surface area contributed by atoms with Crippen LogP contribution in [-0.4, -0.2) is 99.0 Å². The molecule has 0 radical (unpaired) electrons. The van der Waals surface area contributed by atoms with Gasteiger partial charge in [-0.15, -0.1) is 0 Å². The number of ether oxygens (including phenoxy) is 2. The Labute approximate surface area is 237 Å². The average molecular weight is 575 g/mol. The van der Waals surface area contributed by atoms with Crippen LogP contribution in [0, 0.1) is 0 Å². The molecule has 0 unspecified atom stereocenters. The normalized spacial score (nSPS) is 11.5. The predicted octanol–water partition coefficient (Wildman–Crippen LogP) is 1.20. The number of unbranched alkanes of at least 4 members (excludes halogenated alkanes) is 4. The second kappa shape index (κ2) is 26.5. The van der Waals surface area contributed by atoms with Crippen LogP contribution in [0.2, 0.25) is 0 Å². The maximum Gasteiger partial charge on any atom is 0.320 e. The molecular weight excluding hydrogens is 524 g/mol. The number of amides is 3. The van der Waals surface area contributed by atoms with Crippen molar-refractivity contribution in [1.82, 2.24) is 21.3 Å². The van der Waals surface area contributed by atoms with E-state index in [9.17, 15) is 24.0 Å². The zero-order valence-corrected chi connectivity index (χ0v) is 24.0. The molecule has 0 heterocycles. The largest absolute Gasteiger partial charge is 0.481 e. The fourth-order valence-corrected chi connectivity index (χ4v) is 3.63. The highest BCUT2D eigenvalue weighted by Crippen LogP contribution is 2.05. The van der Waals surface area contributed by atoms with E-state index in [1.165, 1.54) is 0 Å². The summed E-state index contributed by atoms with van der Waals surface area (Å²) in [4.78, 5) is 56.7. The highest BCUT2D eigenvalue weighted by molar-refractivity contribution is 5.83. The minimum absolute atomic E-state index is 0.00172. The first-order chi connectivity index (χ1) is 19.3. The molecule has 0 aliphatic heterocycles. The molecule has 232 valence electrons. The molecule has 6 N–H and O–H groups in total. The maximum absolute atomic E-state index is 11.8. The zero-order chi connectivity index (χ0) is 29.8. The fraction of sp³-hybridized carbons (Fsp3) is 0.815. The Morgan fingerprint density at radius 3 is 1.52 bits per heavy atom. The molecule has 0 aromatic rings. The lowest BCUT2D eigenvalue weighted by atomic mass is 10.1. The van der Waals surface area contributed by atoms with Crippen molar-refractivity contribution in [1.29, 1.82) is 0 Å². The molecular formula is C27H50N4O9. The monoisotopic (exact) mass is 574 g/mol. The molecule has 0 spiro atoms. The van der Waals surface area contributed by atoms with Gasteiger partial charge in [0, 0.05) is 58.5 Å². The van der Waals surface area contributed by atoms with Crippen LogP contribution in [0.1, 0.15) is 83.5 Å². The Kier molecular flexibility index (Phi) is 24.6. The van der Waals surface area contributed by atoms with Crippen molar-refractivity contribution in [2.24, 2.45) is 0 Å². The number of rotatable bonds is 28. The van der Waals surface area contributed by atoms with Crippen molar-refractivity contribution >= 4 is 29.7 Å². The summed E-state index contributed by atoms with van der Waals surface area (Å²) >= 11 is 0. The standard InChI is InChI=1S/C27H50N4O9/c1-28-22(27(37)38)10-6-7-15-29-24(33)13-14-25(34)31-17-9-19-40-21-20-39-18-8-16-30-23(32)11-4-2-3-5-12-26(35)36/h22,28H,2-21H2,1H3,(H,29,33)(H,30,32)(H,31,34)(H,35,36)(H,37,38)/t22-/m0/s1. The van der Waals surface area contributed by atoms with E-state index in [1.807, 2.05) is 0 Å². The number of aliphatic carboxylic acids is 2. The summed E-state index contributed by atoms with van der Waals surface area (Å²) in [5.74, 6) is -2.07. The Balaban J connectivity index is 3.42. The van der Waals surface area contributed by atoms with Gasteiger partial charge in [-0.3, -0.25) is 24.0 Å². The highest BCUT2D eigenvalue weighted by atomic mass is 16.5. The SMILES string of the molecule is CN[C@@H](CCCCNC(=O)CCC(=O)NCCCOCCOCCCNC(=O)CCCCCCC(=O)O)C(=O)O. The molecule has 0 aromatic heterocycles. The number of carboxylic acids is 2. The van der Waals surface area contributed by atoms with Crippen LogP contribution >= 0.6 is 0 Å². The van der Waals surface area contributed by atoms with Crippen molar-refractivity contribution < 1.29 is 43.7 Å². The molecule has 0 aliphatic carbocycles. The van der Waals surface area contributed by atoms with Gasteiger partial charge >= 0.3 is 11.9 Å². The molecule has 0 rings (SSSR count). The van der Waals surface area contributed by atoms with Gasteiger partial charge in [0.15, 0.2) is 0 Å². The highest BCUT2D eigenvalue weighted by Gasteiger charge is 2.13. The first-order valence-corrected chi connectivity index (χ1v) is 14.3. The summed E-state index contributed by atoms with van der Waals surface area (Å²) in [5, 5.41) is 28.6. The minimum atomic E-state index is -0.887. The molecule has 40 heavy (non-hydrogen) atoms. The van der Waals surface area contributed by atoms with Crippen LogP contribution < -0.4 is 21.3 Å². The number of carbonyl (C=O) groups is 5. The van der Waals surface area contributed by atoms with Crippen LogP contribution in [0.15, 0.2) is 0 Å². The fourth-order valence-electron chi connectivity index (χ4n) is 3.63. The minimum Gasteiger partial charge on any atom is -0.481 e. The molecule has 13 nitrogen and oxygen atoms in total. The van der Waals surface area contributed by atoms with E-state index in [1.54, 1.807) is 7.05 Å². The third-order valence-electron chi connectivity index (χ3n) is 5.96. The van der Waals surface area contributed by atoms with E-state index in [0.29, 0.717) is 91.0 Å². The first kappa shape index (κ1) is 37.2. The summed E-state index contributed by atoms with van der Waals surface area (Å²) in [6, 6.07) is -0.581. The van der Waals surface area contributed by atoms with E-state index in [2.05, 4.69) is 21.3 Å². The molecule has 0 saturated carbocycles. The van der Waals surface area contributed by atoms with E-state index in [0.717, 1.165) is 19.3 Å². The Morgan fingerprint density at radius 1 is 0.575 bits per heavy atom. The van der Waals surface area contributed by atoms with Crippen LogP contribution in [0.5, 0.6) is 0 Å². The quantitative estimate of drug-likeness (QED) is 0.0740. The van der Waals surface area contributed by atoms with Gasteiger partial charge in [-0.1, -0.05) is 12.8 Å². The summed E-state index contributed by atoms with van der Waals surface area (Å²) in [6.07, 6.45) is 7.13. The van der Waals surface area contributed by atoms with Gasteiger partial charge < -0.3 is 41.0 Å². The van der Waals surface area contributed by atoms with Crippen LogP contribution in [-0.2, 0) is 33.4 Å². The number of hydrogen-bond acceptors (Lipinski definition) is 8. The molecule has 0 aromatic carbocycles. The zero-order valence-electron chi connectivity index (χ0n) is 24.0. The third kappa shape index (κ3) is 25.5. The number of nitrogens with one attached hydrogen (secondary N) is 4. The molecule has 3 amide bonds. The van der Waals surface area contributed by atoms with Gasteiger partial charge in [-0.2, -0.15) is 0 Å². The summed E-state index contributed by atoms with van der Waals surface area (Å²) in [7, 11) is 1.60. The molecule has 0 saturated heterocycles. The van der Waals surface area contributed by atoms with Gasteiger partial charge in [0.05, 0.1) is 13.2 Å². The molecule has 0 bridgehead atoms. The first-order valence-electron chi connectivity index (χ1n) is 14.3. The van der Waals surface area contributed by atoms with Crippen molar-refractivity contribution in [2.45, 2.75) is 89.5 Å². The van der Waals surface area contributed by atoms with Gasteiger partial charge in [0.1, 0.15) is 6.04 Å². The molecule has 0 aliphatic rings. The van der Waals surface area contributed by atoms with E-state index in [4.69, 9.17) is 19.7 Å². The topological polar surface area (TPSA) is 192 Å². The number of likely N-dealkylation sites (N-methyl/N-ethyl adjacent to an activating group) is 1. The van der Waals surface area contributed by atoms with E-state index in [-0.39, 0.29) is 37.0 Å². The van der Waals surface area contributed by atoms with Gasteiger partial charge in [0.2, 0.25) is 17.7 Å². The smallest absolute Gasteiger partial charge is 0.320 e. The van der Waals surface area contributed by atoms with Crippen molar-refractivity contribution in [2.75, 3.05) is 53.1 Å². The van der Waals surface area contributed by atoms with Crippen LogP contribution in [0.4, 0.5) is 0 Å². The summed E-state index contributed by atoms with van der Waals surface area (Å²) in [6.45, 7) is 3.34. The Morgan fingerprint density at radius 2 is 1.05 bits per heavy atom. The second-order valence-corrected chi connectivity index (χ2v) is 9.46. The maximum atomic E-state index is 11.8. The lowest BCUT2D eigenvalue weighted by molar-refractivity contribution is -0.139. The summed E-state index contributed by atoms with van der Waals surface area (Å²) < 4.78 is 10.9. The molecule has 13 heteroatoms. The lowest BCUT2D eigenvalue weighted by Crippen LogP contribution is -2.34.